The number of aliphatic hydroxyl groups is 1. The summed E-state index contributed by atoms with van der Waals surface area (Å²) in [6, 6.07) is 21.5. The van der Waals surface area contributed by atoms with Crippen molar-refractivity contribution >= 4 is 17.3 Å². The lowest BCUT2D eigenvalue weighted by atomic mass is 9.96. The molecule has 1 fully saturated rings. The largest absolute Gasteiger partial charge is 0.497 e. The van der Waals surface area contributed by atoms with Crippen molar-refractivity contribution in [3.8, 4) is 16.9 Å². The number of aliphatic hydroxyl groups excluding tert-OH is 1. The molecule has 0 atom stereocenters. The topological polar surface area (TPSA) is 61.8 Å². The SMILES string of the molecule is COc1ccc(-c2cccc(C(=O)Nc3ccc(N4CCC(O)CC4)cc3)c2C)cc1. The van der Waals surface area contributed by atoms with Crippen LogP contribution >= 0.6 is 0 Å². The summed E-state index contributed by atoms with van der Waals surface area (Å²) in [6.45, 7) is 3.68. The lowest BCUT2D eigenvalue weighted by Crippen LogP contribution is -2.35. The maximum Gasteiger partial charge on any atom is 0.255 e. The molecule has 0 spiro atoms. The van der Waals surface area contributed by atoms with Crippen LogP contribution in [0.3, 0.4) is 0 Å². The average Bonchev–Trinajstić information content (AvgIpc) is 2.80. The number of piperidine rings is 1. The third-order valence-corrected chi connectivity index (χ3v) is 5.93. The number of rotatable bonds is 5. The van der Waals surface area contributed by atoms with E-state index in [9.17, 15) is 9.90 Å². The highest BCUT2D eigenvalue weighted by Gasteiger charge is 2.17. The summed E-state index contributed by atoms with van der Waals surface area (Å²) in [7, 11) is 1.65. The number of hydrogen-bond acceptors (Lipinski definition) is 4. The van der Waals surface area contributed by atoms with Gasteiger partial charge in [-0.05, 0) is 78.9 Å². The summed E-state index contributed by atoms with van der Waals surface area (Å²) >= 11 is 0. The van der Waals surface area contributed by atoms with Gasteiger partial charge in [-0.15, -0.1) is 0 Å². The molecular weight excluding hydrogens is 388 g/mol. The highest BCUT2D eigenvalue weighted by atomic mass is 16.5. The monoisotopic (exact) mass is 416 g/mol. The van der Waals surface area contributed by atoms with Gasteiger partial charge in [0.1, 0.15) is 5.75 Å². The minimum Gasteiger partial charge on any atom is -0.497 e. The summed E-state index contributed by atoms with van der Waals surface area (Å²) in [6.07, 6.45) is 1.40. The number of nitrogens with zero attached hydrogens (tertiary/aromatic N) is 1. The lowest BCUT2D eigenvalue weighted by Gasteiger charge is -2.31. The molecule has 1 aliphatic rings. The molecule has 0 saturated carbocycles. The molecule has 2 N–H and O–H groups in total. The van der Waals surface area contributed by atoms with Crippen LogP contribution in [0.15, 0.2) is 66.7 Å². The zero-order chi connectivity index (χ0) is 21.8. The van der Waals surface area contributed by atoms with Gasteiger partial charge in [-0.1, -0.05) is 24.3 Å². The molecule has 31 heavy (non-hydrogen) atoms. The third-order valence-electron chi connectivity index (χ3n) is 5.93. The lowest BCUT2D eigenvalue weighted by molar-refractivity contribution is 0.102. The van der Waals surface area contributed by atoms with Crippen molar-refractivity contribution < 1.29 is 14.6 Å². The predicted octanol–water partition coefficient (Wildman–Crippen LogP) is 4.88. The first-order chi connectivity index (χ1) is 15.0. The van der Waals surface area contributed by atoms with Crippen LogP contribution in [-0.2, 0) is 0 Å². The Morgan fingerprint density at radius 2 is 1.68 bits per heavy atom. The average molecular weight is 417 g/mol. The summed E-state index contributed by atoms with van der Waals surface area (Å²) in [5, 5.41) is 12.7. The van der Waals surface area contributed by atoms with Gasteiger partial charge in [-0.2, -0.15) is 0 Å². The van der Waals surface area contributed by atoms with E-state index in [2.05, 4.69) is 10.2 Å². The fourth-order valence-electron chi connectivity index (χ4n) is 4.04. The highest BCUT2D eigenvalue weighted by molar-refractivity contribution is 6.06. The number of benzene rings is 3. The van der Waals surface area contributed by atoms with Crippen LogP contribution < -0.4 is 15.0 Å². The van der Waals surface area contributed by atoms with E-state index in [1.807, 2.05) is 73.7 Å². The van der Waals surface area contributed by atoms with E-state index in [0.717, 1.165) is 59.7 Å². The second-order valence-corrected chi connectivity index (χ2v) is 7.93. The summed E-state index contributed by atoms with van der Waals surface area (Å²) in [4.78, 5) is 15.2. The molecule has 3 aromatic rings. The van der Waals surface area contributed by atoms with Gasteiger partial charge in [0.25, 0.3) is 5.91 Å². The van der Waals surface area contributed by atoms with E-state index in [1.165, 1.54) is 0 Å². The van der Waals surface area contributed by atoms with E-state index in [-0.39, 0.29) is 12.0 Å². The summed E-state index contributed by atoms with van der Waals surface area (Å²) < 4.78 is 5.24. The molecule has 1 amide bonds. The molecular formula is C26H28N2O3. The normalized spacial score (nSPS) is 14.4. The van der Waals surface area contributed by atoms with Crippen molar-refractivity contribution in [1.82, 2.24) is 0 Å². The molecule has 0 unspecified atom stereocenters. The molecule has 0 aliphatic carbocycles. The van der Waals surface area contributed by atoms with Gasteiger partial charge < -0.3 is 20.1 Å². The van der Waals surface area contributed by atoms with E-state index in [0.29, 0.717) is 5.56 Å². The second kappa shape index (κ2) is 9.23. The van der Waals surface area contributed by atoms with Crippen LogP contribution in [0.5, 0.6) is 5.75 Å². The van der Waals surface area contributed by atoms with Crippen LogP contribution in [-0.4, -0.2) is 37.3 Å². The smallest absolute Gasteiger partial charge is 0.255 e. The molecule has 1 heterocycles. The number of nitrogens with one attached hydrogen (secondary N) is 1. The first-order valence-electron chi connectivity index (χ1n) is 10.6. The van der Waals surface area contributed by atoms with Crippen molar-refractivity contribution in [3.63, 3.8) is 0 Å². The number of methoxy groups -OCH3 is 1. The quantitative estimate of drug-likeness (QED) is 0.622. The fraction of sp³-hybridized carbons (Fsp3) is 0.269. The molecule has 5 nitrogen and oxygen atoms in total. The molecule has 3 aromatic carbocycles. The Bertz CT molecular complexity index is 1040. The van der Waals surface area contributed by atoms with Crippen molar-refractivity contribution in [2.24, 2.45) is 0 Å². The van der Waals surface area contributed by atoms with Crippen molar-refractivity contribution in [3.05, 3.63) is 77.9 Å². The van der Waals surface area contributed by atoms with Gasteiger partial charge >= 0.3 is 0 Å². The summed E-state index contributed by atoms with van der Waals surface area (Å²) in [5.74, 6) is 0.682. The Hall–Kier alpha value is -3.31. The van der Waals surface area contributed by atoms with Gasteiger partial charge in [0.05, 0.1) is 13.2 Å². The molecule has 0 aromatic heterocycles. The van der Waals surface area contributed by atoms with Gasteiger partial charge in [0.15, 0.2) is 0 Å². The molecule has 0 bridgehead atoms. The van der Waals surface area contributed by atoms with E-state index < -0.39 is 0 Å². The Morgan fingerprint density at radius 3 is 2.32 bits per heavy atom. The molecule has 5 heteroatoms. The van der Waals surface area contributed by atoms with Gasteiger partial charge in [-0.25, -0.2) is 0 Å². The minimum atomic E-state index is -0.188. The van der Waals surface area contributed by atoms with Gasteiger partial charge in [0.2, 0.25) is 0 Å². The first kappa shape index (κ1) is 20.9. The van der Waals surface area contributed by atoms with Gasteiger partial charge in [-0.3, -0.25) is 4.79 Å². The first-order valence-corrected chi connectivity index (χ1v) is 10.6. The fourth-order valence-corrected chi connectivity index (χ4v) is 4.04. The van der Waals surface area contributed by atoms with Crippen LogP contribution in [0.2, 0.25) is 0 Å². The molecule has 1 aliphatic heterocycles. The van der Waals surface area contributed by atoms with E-state index in [1.54, 1.807) is 7.11 Å². The molecule has 1 saturated heterocycles. The molecule has 160 valence electrons. The zero-order valence-electron chi connectivity index (χ0n) is 18.0. The molecule has 4 rings (SSSR count). The van der Waals surface area contributed by atoms with Crippen LogP contribution in [0, 0.1) is 6.92 Å². The standard InChI is InChI=1S/C26H28N2O3/c1-18-24(19-6-12-23(31-2)13-7-19)4-3-5-25(18)26(30)27-20-8-10-21(11-9-20)28-16-14-22(29)15-17-28/h3-13,22,29H,14-17H2,1-2H3,(H,27,30). The van der Waals surface area contributed by atoms with E-state index >= 15 is 0 Å². The Morgan fingerprint density at radius 1 is 1.00 bits per heavy atom. The number of amides is 1. The number of carbonyl (C=O) groups excluding carboxylic acids is 1. The maximum atomic E-state index is 13.0. The zero-order valence-corrected chi connectivity index (χ0v) is 18.0. The number of anilines is 2. The number of carbonyl (C=O) groups is 1. The Labute approximate surface area is 183 Å². The van der Waals surface area contributed by atoms with E-state index in [4.69, 9.17) is 4.74 Å². The summed E-state index contributed by atoms with van der Waals surface area (Å²) in [5.41, 5.74) is 5.54. The van der Waals surface area contributed by atoms with Crippen LogP contribution in [0.4, 0.5) is 11.4 Å². The third kappa shape index (κ3) is 4.72. The van der Waals surface area contributed by atoms with Crippen LogP contribution in [0.25, 0.3) is 11.1 Å². The van der Waals surface area contributed by atoms with Crippen molar-refractivity contribution in [2.45, 2.75) is 25.9 Å². The number of hydrogen-bond donors (Lipinski definition) is 2. The Balaban J connectivity index is 1.48. The maximum absolute atomic E-state index is 13.0. The predicted molar refractivity (Wildman–Crippen MR) is 125 cm³/mol. The minimum absolute atomic E-state index is 0.123. The van der Waals surface area contributed by atoms with Crippen LogP contribution in [0.1, 0.15) is 28.8 Å². The molecule has 0 radical (unpaired) electrons. The van der Waals surface area contributed by atoms with Gasteiger partial charge in [0, 0.05) is 30.0 Å². The van der Waals surface area contributed by atoms with Crippen molar-refractivity contribution in [1.29, 1.82) is 0 Å². The number of ether oxygens (including phenoxy) is 1. The second-order valence-electron chi connectivity index (χ2n) is 7.93. The highest BCUT2D eigenvalue weighted by Crippen LogP contribution is 2.28. The van der Waals surface area contributed by atoms with Crippen molar-refractivity contribution in [2.75, 3.05) is 30.4 Å². The Kier molecular flexibility index (Phi) is 6.23.